The number of hydrogen-bond donors (Lipinski definition) is 2. The van der Waals surface area contributed by atoms with Crippen LogP contribution in [0.2, 0.25) is 0 Å². The molecule has 8 heteroatoms. The number of nitrogens with zero attached hydrogens (tertiary/aromatic N) is 2. The van der Waals surface area contributed by atoms with Crippen molar-refractivity contribution in [2.75, 3.05) is 0 Å². The Morgan fingerprint density at radius 2 is 1.95 bits per heavy atom. The molecule has 120 valence electrons. The first-order chi connectivity index (χ1) is 9.85. The second kappa shape index (κ2) is 6.85. The van der Waals surface area contributed by atoms with E-state index in [1.165, 1.54) is 0 Å². The highest BCUT2D eigenvalue weighted by molar-refractivity contribution is 7.87. The second-order valence-electron chi connectivity index (χ2n) is 6.06. The van der Waals surface area contributed by atoms with Crippen molar-refractivity contribution in [3.8, 4) is 0 Å². The molecule has 1 saturated carbocycles. The van der Waals surface area contributed by atoms with Gasteiger partial charge in [-0.1, -0.05) is 26.7 Å². The third-order valence-electron chi connectivity index (χ3n) is 3.52. The number of aryl methyl sites for hydroxylation is 1. The van der Waals surface area contributed by atoms with Crippen molar-refractivity contribution in [1.29, 1.82) is 0 Å². The topological polar surface area (TPSA) is 97.1 Å². The van der Waals surface area contributed by atoms with Gasteiger partial charge in [-0.25, -0.2) is 0 Å². The van der Waals surface area contributed by atoms with Crippen LogP contribution in [0.3, 0.4) is 0 Å². The molecule has 1 aromatic rings. The fraction of sp³-hybridized carbons (Fsp3) is 0.846. The first-order valence-electron chi connectivity index (χ1n) is 7.45. The summed E-state index contributed by atoms with van der Waals surface area (Å²) in [5.74, 6) is 1.05. The zero-order valence-corrected chi connectivity index (χ0v) is 13.6. The minimum atomic E-state index is -3.58. The zero-order valence-electron chi connectivity index (χ0n) is 12.8. The molecular formula is C13H24N4O3S. The molecule has 1 fully saturated rings. The van der Waals surface area contributed by atoms with E-state index >= 15 is 0 Å². The minimum Gasteiger partial charge on any atom is -0.424 e. The third kappa shape index (κ3) is 5.05. The standard InChI is InChI=1S/C13H24N4O3S/c1-9(2)8-12(13-15-14-10(3)20-13)17-21(18,19)16-11-6-4-5-7-11/h9,11-12,16-17H,4-8H2,1-3H3. The van der Waals surface area contributed by atoms with Gasteiger partial charge in [-0.05, 0) is 25.2 Å². The first kappa shape index (κ1) is 16.4. The second-order valence-corrected chi connectivity index (χ2v) is 7.54. The summed E-state index contributed by atoms with van der Waals surface area (Å²) in [4.78, 5) is 0. The predicted octanol–water partition coefficient (Wildman–Crippen LogP) is 1.83. The highest BCUT2D eigenvalue weighted by atomic mass is 32.2. The van der Waals surface area contributed by atoms with Crippen molar-refractivity contribution in [2.24, 2.45) is 5.92 Å². The van der Waals surface area contributed by atoms with E-state index in [0.29, 0.717) is 24.1 Å². The maximum Gasteiger partial charge on any atom is 0.277 e. The van der Waals surface area contributed by atoms with Crippen LogP contribution in [-0.2, 0) is 10.2 Å². The SMILES string of the molecule is Cc1nnc(C(CC(C)C)NS(=O)(=O)NC2CCCC2)o1. The summed E-state index contributed by atoms with van der Waals surface area (Å²) in [7, 11) is -3.58. The van der Waals surface area contributed by atoms with E-state index in [4.69, 9.17) is 4.42 Å². The maximum atomic E-state index is 12.2. The van der Waals surface area contributed by atoms with Crippen molar-refractivity contribution in [2.45, 2.75) is 65.0 Å². The van der Waals surface area contributed by atoms with Gasteiger partial charge in [0.1, 0.15) is 6.04 Å². The summed E-state index contributed by atoms with van der Waals surface area (Å²) in [5.41, 5.74) is 0. The van der Waals surface area contributed by atoms with E-state index in [1.807, 2.05) is 13.8 Å². The lowest BCUT2D eigenvalue weighted by molar-refractivity contribution is 0.370. The normalized spacial score (nSPS) is 18.5. The fourth-order valence-corrected chi connectivity index (χ4v) is 3.92. The van der Waals surface area contributed by atoms with Crippen LogP contribution in [0.15, 0.2) is 4.42 Å². The van der Waals surface area contributed by atoms with Crippen molar-refractivity contribution in [3.05, 3.63) is 11.8 Å². The van der Waals surface area contributed by atoms with Crippen LogP contribution in [0.4, 0.5) is 0 Å². The largest absolute Gasteiger partial charge is 0.424 e. The smallest absolute Gasteiger partial charge is 0.277 e. The third-order valence-corrected chi connectivity index (χ3v) is 4.76. The average Bonchev–Trinajstić information content (AvgIpc) is 2.98. The van der Waals surface area contributed by atoms with Gasteiger partial charge in [0.2, 0.25) is 11.8 Å². The Kier molecular flexibility index (Phi) is 5.34. The van der Waals surface area contributed by atoms with E-state index in [2.05, 4.69) is 19.6 Å². The number of aromatic nitrogens is 2. The number of nitrogens with one attached hydrogen (secondary N) is 2. The van der Waals surface area contributed by atoms with E-state index in [9.17, 15) is 8.42 Å². The average molecular weight is 316 g/mol. The van der Waals surface area contributed by atoms with Crippen LogP contribution in [0, 0.1) is 12.8 Å². The van der Waals surface area contributed by atoms with Gasteiger partial charge in [-0.2, -0.15) is 17.9 Å². The van der Waals surface area contributed by atoms with Gasteiger partial charge in [-0.3, -0.25) is 0 Å². The molecule has 2 N–H and O–H groups in total. The Bertz CT molecular complexity index is 550. The zero-order chi connectivity index (χ0) is 15.5. The molecule has 1 heterocycles. The highest BCUT2D eigenvalue weighted by Gasteiger charge is 2.27. The minimum absolute atomic E-state index is 0.0339. The quantitative estimate of drug-likeness (QED) is 0.800. The Balaban J connectivity index is 2.06. The lowest BCUT2D eigenvalue weighted by atomic mass is 10.0. The van der Waals surface area contributed by atoms with Crippen LogP contribution < -0.4 is 9.44 Å². The van der Waals surface area contributed by atoms with Gasteiger partial charge in [0.25, 0.3) is 10.2 Å². The van der Waals surface area contributed by atoms with Crippen molar-refractivity contribution in [1.82, 2.24) is 19.6 Å². The summed E-state index contributed by atoms with van der Waals surface area (Å²) in [5, 5.41) is 7.72. The van der Waals surface area contributed by atoms with Gasteiger partial charge in [0.15, 0.2) is 0 Å². The van der Waals surface area contributed by atoms with Gasteiger partial charge >= 0.3 is 0 Å². The predicted molar refractivity (Wildman–Crippen MR) is 78.7 cm³/mol. The fourth-order valence-electron chi connectivity index (χ4n) is 2.61. The van der Waals surface area contributed by atoms with Crippen LogP contribution in [-0.4, -0.2) is 24.7 Å². The molecule has 1 atom stereocenters. The summed E-state index contributed by atoms with van der Waals surface area (Å²) in [6.07, 6.45) is 4.55. The molecular weight excluding hydrogens is 292 g/mol. The van der Waals surface area contributed by atoms with Crippen LogP contribution >= 0.6 is 0 Å². The van der Waals surface area contributed by atoms with E-state index < -0.39 is 16.3 Å². The number of rotatable bonds is 7. The molecule has 0 aliphatic heterocycles. The van der Waals surface area contributed by atoms with E-state index in [-0.39, 0.29) is 6.04 Å². The Morgan fingerprint density at radius 1 is 1.29 bits per heavy atom. The highest BCUT2D eigenvalue weighted by Crippen LogP contribution is 2.22. The molecule has 0 spiro atoms. The van der Waals surface area contributed by atoms with Crippen LogP contribution in [0.5, 0.6) is 0 Å². The summed E-state index contributed by atoms with van der Waals surface area (Å²) in [6, 6.07) is -0.461. The van der Waals surface area contributed by atoms with Gasteiger partial charge in [0.05, 0.1) is 0 Å². The summed E-state index contributed by atoms with van der Waals surface area (Å²) >= 11 is 0. The lowest BCUT2D eigenvalue weighted by Gasteiger charge is -2.19. The molecule has 2 rings (SSSR count). The Hall–Kier alpha value is -0.990. The van der Waals surface area contributed by atoms with Gasteiger partial charge in [-0.15, -0.1) is 10.2 Å². The molecule has 1 aromatic heterocycles. The molecule has 0 radical (unpaired) electrons. The van der Waals surface area contributed by atoms with Crippen LogP contribution in [0.25, 0.3) is 0 Å². The van der Waals surface area contributed by atoms with E-state index in [0.717, 1.165) is 25.7 Å². The summed E-state index contributed by atoms with van der Waals surface area (Å²) < 4.78 is 35.2. The molecule has 0 aromatic carbocycles. The molecule has 1 aliphatic rings. The molecule has 0 saturated heterocycles. The monoisotopic (exact) mass is 316 g/mol. The number of hydrogen-bond acceptors (Lipinski definition) is 5. The Labute approximate surface area is 126 Å². The molecule has 7 nitrogen and oxygen atoms in total. The molecule has 0 bridgehead atoms. The van der Waals surface area contributed by atoms with E-state index in [1.54, 1.807) is 6.92 Å². The van der Waals surface area contributed by atoms with Gasteiger partial charge < -0.3 is 4.42 Å². The van der Waals surface area contributed by atoms with Crippen molar-refractivity contribution < 1.29 is 12.8 Å². The van der Waals surface area contributed by atoms with Crippen molar-refractivity contribution >= 4 is 10.2 Å². The first-order valence-corrected chi connectivity index (χ1v) is 8.93. The molecule has 1 unspecified atom stereocenters. The molecule has 21 heavy (non-hydrogen) atoms. The Morgan fingerprint density at radius 3 is 2.48 bits per heavy atom. The summed E-state index contributed by atoms with van der Waals surface area (Å²) in [6.45, 7) is 5.73. The maximum absolute atomic E-state index is 12.2. The van der Waals surface area contributed by atoms with Crippen molar-refractivity contribution in [3.63, 3.8) is 0 Å². The van der Waals surface area contributed by atoms with Gasteiger partial charge in [0, 0.05) is 13.0 Å². The molecule has 1 aliphatic carbocycles. The molecule has 0 amide bonds. The lowest BCUT2D eigenvalue weighted by Crippen LogP contribution is -2.43. The van der Waals surface area contributed by atoms with Crippen LogP contribution in [0.1, 0.15) is 63.8 Å².